The second-order valence-electron chi connectivity index (χ2n) is 3.46. The number of hydrogen-bond acceptors (Lipinski definition) is 5. The third-order valence-corrected chi connectivity index (χ3v) is 3.75. The van der Waals surface area contributed by atoms with Crippen LogP contribution in [0.25, 0.3) is 0 Å². The van der Waals surface area contributed by atoms with Gasteiger partial charge in [0, 0.05) is 17.3 Å². The van der Waals surface area contributed by atoms with Gasteiger partial charge in [-0.3, -0.25) is 19.9 Å². The van der Waals surface area contributed by atoms with Crippen LogP contribution in [0.1, 0.15) is 0 Å². The number of halogens is 1. The van der Waals surface area contributed by atoms with Gasteiger partial charge in [0.2, 0.25) is 0 Å². The summed E-state index contributed by atoms with van der Waals surface area (Å²) in [5.74, 6) is 0. The number of nitro benzene ring substituents is 1. The summed E-state index contributed by atoms with van der Waals surface area (Å²) in [6.07, 6.45) is 2.24. The summed E-state index contributed by atoms with van der Waals surface area (Å²) in [5.41, 5.74) is -0.602. The van der Waals surface area contributed by atoms with Crippen molar-refractivity contribution in [3.63, 3.8) is 0 Å². The van der Waals surface area contributed by atoms with Crippen LogP contribution in [0.15, 0.2) is 35.5 Å². The molecule has 0 saturated carbocycles. The molecule has 0 aliphatic carbocycles. The Balaban J connectivity index is 2.42. The van der Waals surface area contributed by atoms with Crippen LogP contribution >= 0.6 is 11.6 Å². The van der Waals surface area contributed by atoms with E-state index in [1.165, 1.54) is 12.1 Å². The standard InChI is InChI=1S/C9H7ClN4O4S/c10-6-1-2-8(9(3-6)14(15)16)13-19(17,18)7-4-11-12-5-7/h1-5,13H,(H,11,12). The van der Waals surface area contributed by atoms with Crippen LogP contribution < -0.4 is 4.72 Å². The van der Waals surface area contributed by atoms with Gasteiger partial charge >= 0.3 is 0 Å². The lowest BCUT2D eigenvalue weighted by Crippen LogP contribution is -2.13. The highest BCUT2D eigenvalue weighted by Crippen LogP contribution is 2.29. The van der Waals surface area contributed by atoms with E-state index in [1.807, 2.05) is 0 Å². The number of nitrogens with one attached hydrogen (secondary N) is 2. The summed E-state index contributed by atoms with van der Waals surface area (Å²) < 4.78 is 25.9. The summed E-state index contributed by atoms with van der Waals surface area (Å²) in [4.78, 5) is 9.99. The van der Waals surface area contributed by atoms with Crippen LogP contribution in [0.2, 0.25) is 5.02 Å². The smallest absolute Gasteiger partial charge is 0.284 e. The van der Waals surface area contributed by atoms with E-state index in [9.17, 15) is 18.5 Å². The molecule has 1 heterocycles. The summed E-state index contributed by atoms with van der Waals surface area (Å²) in [7, 11) is -3.93. The summed E-state index contributed by atoms with van der Waals surface area (Å²) >= 11 is 5.64. The molecule has 0 unspecified atom stereocenters. The average Bonchev–Trinajstić information content (AvgIpc) is 2.85. The quantitative estimate of drug-likeness (QED) is 0.659. The maximum atomic E-state index is 11.9. The summed E-state index contributed by atoms with van der Waals surface area (Å²) in [5, 5.41) is 16.8. The molecule has 0 amide bonds. The van der Waals surface area contributed by atoms with Gasteiger partial charge in [0.1, 0.15) is 10.6 Å². The number of H-pyrrole nitrogens is 1. The van der Waals surface area contributed by atoms with Gasteiger partial charge in [0.05, 0.1) is 11.1 Å². The van der Waals surface area contributed by atoms with Crippen molar-refractivity contribution < 1.29 is 13.3 Å². The van der Waals surface area contributed by atoms with Gasteiger partial charge in [-0.2, -0.15) is 5.10 Å². The molecule has 0 bridgehead atoms. The summed E-state index contributed by atoms with van der Waals surface area (Å²) in [6.45, 7) is 0. The number of hydrogen-bond donors (Lipinski definition) is 2. The fourth-order valence-electron chi connectivity index (χ4n) is 1.33. The van der Waals surface area contributed by atoms with Crippen molar-refractivity contribution in [3.05, 3.63) is 45.7 Å². The van der Waals surface area contributed by atoms with Gasteiger partial charge in [-0.15, -0.1) is 0 Å². The number of benzene rings is 1. The fraction of sp³-hybridized carbons (Fsp3) is 0. The predicted molar refractivity (Wildman–Crippen MR) is 67.5 cm³/mol. The Morgan fingerprint density at radius 3 is 2.74 bits per heavy atom. The van der Waals surface area contributed by atoms with Crippen LogP contribution in [0, 0.1) is 10.1 Å². The molecule has 0 saturated heterocycles. The molecular weight excluding hydrogens is 296 g/mol. The number of nitrogens with zero attached hydrogens (tertiary/aromatic N) is 2. The molecule has 1 aromatic heterocycles. The Kier molecular flexibility index (Phi) is 3.40. The van der Waals surface area contributed by atoms with E-state index in [-0.39, 0.29) is 15.6 Å². The minimum atomic E-state index is -3.93. The molecule has 0 spiro atoms. The Morgan fingerprint density at radius 1 is 1.42 bits per heavy atom. The highest BCUT2D eigenvalue weighted by Gasteiger charge is 2.21. The SMILES string of the molecule is O=[N+]([O-])c1cc(Cl)ccc1NS(=O)(=O)c1cn[nH]c1. The van der Waals surface area contributed by atoms with Crippen molar-refractivity contribution in [2.24, 2.45) is 0 Å². The third kappa shape index (κ3) is 2.83. The number of nitro groups is 1. The molecule has 2 N–H and O–H groups in total. The van der Waals surface area contributed by atoms with Gasteiger partial charge < -0.3 is 0 Å². The normalized spacial score (nSPS) is 11.2. The van der Waals surface area contributed by atoms with Crippen molar-refractivity contribution in [2.45, 2.75) is 4.90 Å². The summed E-state index contributed by atoms with van der Waals surface area (Å²) in [6, 6.07) is 3.63. The molecule has 0 radical (unpaired) electrons. The Morgan fingerprint density at radius 2 is 2.16 bits per heavy atom. The van der Waals surface area contributed by atoms with Gasteiger partial charge in [-0.05, 0) is 12.1 Å². The molecule has 10 heteroatoms. The van der Waals surface area contributed by atoms with Crippen molar-refractivity contribution in [1.82, 2.24) is 10.2 Å². The lowest BCUT2D eigenvalue weighted by atomic mass is 10.3. The first-order valence-electron chi connectivity index (χ1n) is 4.86. The zero-order valence-electron chi connectivity index (χ0n) is 9.20. The first-order valence-corrected chi connectivity index (χ1v) is 6.72. The first-order chi connectivity index (χ1) is 8.90. The number of rotatable bonds is 4. The van der Waals surface area contributed by atoms with E-state index in [4.69, 9.17) is 11.6 Å². The van der Waals surface area contributed by atoms with E-state index in [2.05, 4.69) is 14.9 Å². The number of sulfonamides is 1. The molecule has 0 atom stereocenters. The van der Waals surface area contributed by atoms with E-state index < -0.39 is 20.6 Å². The highest BCUT2D eigenvalue weighted by atomic mass is 35.5. The molecular formula is C9H7ClN4O4S. The molecule has 2 aromatic rings. The predicted octanol–water partition coefficient (Wildman–Crippen LogP) is 1.77. The fourth-order valence-corrected chi connectivity index (χ4v) is 2.48. The molecule has 19 heavy (non-hydrogen) atoms. The lowest BCUT2D eigenvalue weighted by Gasteiger charge is -2.06. The van der Waals surface area contributed by atoms with Gasteiger partial charge in [-0.25, -0.2) is 8.42 Å². The topological polar surface area (TPSA) is 118 Å². The molecule has 0 aliphatic rings. The maximum Gasteiger partial charge on any atom is 0.294 e. The zero-order valence-corrected chi connectivity index (χ0v) is 10.8. The average molecular weight is 303 g/mol. The minimum absolute atomic E-state index is 0.128. The van der Waals surface area contributed by atoms with Crippen molar-refractivity contribution in [2.75, 3.05) is 4.72 Å². The number of aromatic nitrogens is 2. The van der Waals surface area contributed by atoms with Gasteiger partial charge in [-0.1, -0.05) is 11.6 Å². The highest BCUT2D eigenvalue weighted by molar-refractivity contribution is 7.92. The second-order valence-corrected chi connectivity index (χ2v) is 5.58. The molecule has 0 fully saturated rings. The largest absolute Gasteiger partial charge is 0.294 e. The third-order valence-electron chi connectivity index (χ3n) is 2.18. The molecule has 0 aliphatic heterocycles. The molecule has 100 valence electrons. The van der Waals surface area contributed by atoms with Gasteiger partial charge in [0.25, 0.3) is 15.7 Å². The van der Waals surface area contributed by atoms with Crippen LogP contribution in [-0.2, 0) is 10.0 Å². The number of aromatic amines is 1. The second kappa shape index (κ2) is 4.86. The van der Waals surface area contributed by atoms with Crippen LogP contribution in [0.3, 0.4) is 0 Å². The van der Waals surface area contributed by atoms with E-state index in [0.29, 0.717) is 0 Å². The molecule has 2 rings (SSSR count). The van der Waals surface area contributed by atoms with Gasteiger partial charge in [0.15, 0.2) is 0 Å². The van der Waals surface area contributed by atoms with E-state index in [1.54, 1.807) is 0 Å². The van der Waals surface area contributed by atoms with E-state index >= 15 is 0 Å². The van der Waals surface area contributed by atoms with Crippen molar-refractivity contribution >= 4 is 33.0 Å². The Hall–Kier alpha value is -2.13. The lowest BCUT2D eigenvalue weighted by molar-refractivity contribution is -0.383. The Bertz CT molecular complexity index is 714. The van der Waals surface area contributed by atoms with Crippen LogP contribution in [0.5, 0.6) is 0 Å². The Labute approximate surface area is 112 Å². The van der Waals surface area contributed by atoms with Crippen LogP contribution in [0.4, 0.5) is 11.4 Å². The minimum Gasteiger partial charge on any atom is -0.284 e. The molecule has 1 aromatic carbocycles. The molecule has 8 nitrogen and oxygen atoms in total. The van der Waals surface area contributed by atoms with Crippen LogP contribution in [-0.4, -0.2) is 23.5 Å². The van der Waals surface area contributed by atoms with E-state index in [0.717, 1.165) is 18.5 Å². The first kappa shape index (κ1) is 13.3. The maximum absolute atomic E-state index is 11.9. The monoisotopic (exact) mass is 302 g/mol. The number of anilines is 1. The van der Waals surface area contributed by atoms with Crippen molar-refractivity contribution in [3.8, 4) is 0 Å². The van der Waals surface area contributed by atoms with Crippen molar-refractivity contribution in [1.29, 1.82) is 0 Å². The zero-order chi connectivity index (χ0) is 14.0.